The maximum atomic E-state index is 13.1. The molecule has 2 aromatic rings. The van der Waals surface area contributed by atoms with E-state index in [1.165, 1.54) is 5.56 Å². The van der Waals surface area contributed by atoms with Gasteiger partial charge in [0.05, 0.1) is 21.3 Å². The van der Waals surface area contributed by atoms with Gasteiger partial charge in [0.25, 0.3) is 0 Å². The van der Waals surface area contributed by atoms with E-state index in [1.807, 2.05) is 30.0 Å². The Morgan fingerprint density at radius 2 is 1.74 bits per heavy atom. The first-order valence-electron chi connectivity index (χ1n) is 9.04. The van der Waals surface area contributed by atoms with Crippen molar-refractivity contribution >= 4 is 17.3 Å². The number of ether oxygens (including phenoxy) is 3. The highest BCUT2D eigenvalue weighted by molar-refractivity contribution is 5.99. The minimum Gasteiger partial charge on any atom is -0.493 e. The van der Waals surface area contributed by atoms with Crippen LogP contribution in [-0.2, 0) is 11.2 Å². The summed E-state index contributed by atoms with van der Waals surface area (Å²) in [5, 5.41) is 3.26. The van der Waals surface area contributed by atoms with Crippen LogP contribution in [0.15, 0.2) is 36.4 Å². The number of hydrogen-bond donors (Lipinski definition) is 1. The molecule has 0 fully saturated rings. The van der Waals surface area contributed by atoms with Crippen molar-refractivity contribution in [3.63, 3.8) is 0 Å². The molecule has 1 aliphatic rings. The molecule has 0 saturated heterocycles. The number of carbonyl (C=O) groups is 1. The standard InChI is InChI=1S/C21H26N2O4/c1-14(21(24)23-11-7-9-15-8-5-6-10-17(15)23)22-16-12-18(25-2)20(27-4)19(13-16)26-3/h5-6,8,10,12-14,22H,7,9,11H2,1-4H3. The maximum Gasteiger partial charge on any atom is 0.249 e. The number of methoxy groups -OCH3 is 3. The maximum absolute atomic E-state index is 13.1. The lowest BCUT2D eigenvalue weighted by atomic mass is 10.0. The number of para-hydroxylation sites is 1. The van der Waals surface area contributed by atoms with Gasteiger partial charge in [0.1, 0.15) is 6.04 Å². The Balaban J connectivity index is 1.82. The monoisotopic (exact) mass is 370 g/mol. The average molecular weight is 370 g/mol. The summed E-state index contributed by atoms with van der Waals surface area (Å²) in [5.41, 5.74) is 2.96. The second-order valence-electron chi connectivity index (χ2n) is 6.50. The van der Waals surface area contributed by atoms with Crippen LogP contribution in [0.2, 0.25) is 0 Å². The topological polar surface area (TPSA) is 60.0 Å². The Kier molecular flexibility index (Phi) is 5.74. The molecular formula is C21H26N2O4. The smallest absolute Gasteiger partial charge is 0.249 e. The van der Waals surface area contributed by atoms with E-state index < -0.39 is 6.04 Å². The highest BCUT2D eigenvalue weighted by Crippen LogP contribution is 2.40. The summed E-state index contributed by atoms with van der Waals surface area (Å²) in [6.45, 7) is 2.60. The summed E-state index contributed by atoms with van der Waals surface area (Å²) in [5.74, 6) is 1.65. The van der Waals surface area contributed by atoms with Crippen LogP contribution in [0.5, 0.6) is 17.2 Å². The van der Waals surface area contributed by atoms with Gasteiger partial charge in [-0.1, -0.05) is 18.2 Å². The highest BCUT2D eigenvalue weighted by atomic mass is 16.5. The second kappa shape index (κ2) is 8.20. The van der Waals surface area contributed by atoms with Crippen LogP contribution in [0.3, 0.4) is 0 Å². The first-order valence-corrected chi connectivity index (χ1v) is 9.04. The minimum atomic E-state index is -0.404. The van der Waals surface area contributed by atoms with Crippen LogP contribution in [0.1, 0.15) is 18.9 Å². The Labute approximate surface area is 160 Å². The number of aryl methyl sites for hydroxylation is 1. The number of benzene rings is 2. The average Bonchev–Trinajstić information content (AvgIpc) is 2.71. The van der Waals surface area contributed by atoms with Gasteiger partial charge in [-0.25, -0.2) is 0 Å². The molecule has 1 N–H and O–H groups in total. The number of rotatable bonds is 6. The molecule has 6 heteroatoms. The molecule has 144 valence electrons. The van der Waals surface area contributed by atoms with Gasteiger partial charge < -0.3 is 24.4 Å². The number of nitrogens with one attached hydrogen (secondary N) is 1. The number of carbonyl (C=O) groups excluding carboxylic acids is 1. The van der Waals surface area contributed by atoms with Crippen molar-refractivity contribution in [3.8, 4) is 17.2 Å². The summed E-state index contributed by atoms with van der Waals surface area (Å²) in [6, 6.07) is 11.3. The predicted molar refractivity (Wildman–Crippen MR) is 106 cm³/mol. The zero-order chi connectivity index (χ0) is 19.4. The van der Waals surface area contributed by atoms with E-state index in [0.29, 0.717) is 17.2 Å². The molecule has 1 aliphatic heterocycles. The molecule has 0 radical (unpaired) electrons. The summed E-state index contributed by atoms with van der Waals surface area (Å²) in [6.07, 6.45) is 1.98. The Morgan fingerprint density at radius 3 is 2.37 bits per heavy atom. The molecule has 27 heavy (non-hydrogen) atoms. The zero-order valence-electron chi connectivity index (χ0n) is 16.2. The van der Waals surface area contributed by atoms with Gasteiger partial charge in [-0.15, -0.1) is 0 Å². The fourth-order valence-corrected chi connectivity index (χ4v) is 3.47. The number of fused-ring (bicyclic) bond motifs is 1. The predicted octanol–water partition coefficient (Wildman–Crippen LogP) is 3.49. The van der Waals surface area contributed by atoms with E-state index in [1.54, 1.807) is 33.5 Å². The van der Waals surface area contributed by atoms with E-state index in [0.717, 1.165) is 30.8 Å². The molecule has 0 aliphatic carbocycles. The van der Waals surface area contributed by atoms with Crippen LogP contribution in [0.4, 0.5) is 11.4 Å². The fraction of sp³-hybridized carbons (Fsp3) is 0.381. The molecule has 3 rings (SSSR count). The lowest BCUT2D eigenvalue weighted by Gasteiger charge is -2.32. The third-order valence-corrected chi connectivity index (χ3v) is 4.79. The summed E-state index contributed by atoms with van der Waals surface area (Å²) in [4.78, 5) is 14.9. The van der Waals surface area contributed by atoms with Crippen molar-refractivity contribution in [1.82, 2.24) is 0 Å². The van der Waals surface area contributed by atoms with Crippen LogP contribution in [-0.4, -0.2) is 39.8 Å². The van der Waals surface area contributed by atoms with Gasteiger partial charge in [0, 0.05) is 30.1 Å². The first-order chi connectivity index (χ1) is 13.1. The lowest BCUT2D eigenvalue weighted by molar-refractivity contribution is -0.119. The van der Waals surface area contributed by atoms with Crippen molar-refractivity contribution in [2.75, 3.05) is 38.1 Å². The van der Waals surface area contributed by atoms with Crippen molar-refractivity contribution in [3.05, 3.63) is 42.0 Å². The molecule has 1 unspecified atom stereocenters. The summed E-state index contributed by atoms with van der Waals surface area (Å²) in [7, 11) is 4.70. The molecule has 0 aromatic heterocycles. The Morgan fingerprint density at radius 1 is 1.07 bits per heavy atom. The third kappa shape index (κ3) is 3.79. The van der Waals surface area contributed by atoms with E-state index >= 15 is 0 Å². The van der Waals surface area contributed by atoms with Crippen molar-refractivity contribution in [2.45, 2.75) is 25.8 Å². The van der Waals surface area contributed by atoms with Crippen LogP contribution < -0.4 is 24.4 Å². The molecule has 2 aromatic carbocycles. The van der Waals surface area contributed by atoms with Crippen LogP contribution >= 0.6 is 0 Å². The van der Waals surface area contributed by atoms with Crippen molar-refractivity contribution < 1.29 is 19.0 Å². The van der Waals surface area contributed by atoms with Gasteiger partial charge in [-0.3, -0.25) is 4.79 Å². The number of nitrogens with zero attached hydrogens (tertiary/aromatic N) is 1. The molecule has 0 bridgehead atoms. The zero-order valence-corrected chi connectivity index (χ0v) is 16.2. The minimum absolute atomic E-state index is 0.0379. The molecule has 6 nitrogen and oxygen atoms in total. The van der Waals surface area contributed by atoms with Gasteiger partial charge >= 0.3 is 0 Å². The molecule has 0 saturated carbocycles. The normalized spacial score (nSPS) is 14.1. The number of amides is 1. The molecule has 1 atom stereocenters. The Hall–Kier alpha value is -2.89. The van der Waals surface area contributed by atoms with Gasteiger partial charge in [-0.2, -0.15) is 0 Å². The van der Waals surface area contributed by atoms with Gasteiger partial charge in [0.15, 0.2) is 11.5 Å². The molecule has 0 spiro atoms. The first kappa shape index (κ1) is 18.9. The van der Waals surface area contributed by atoms with Gasteiger partial charge in [-0.05, 0) is 31.4 Å². The summed E-state index contributed by atoms with van der Waals surface area (Å²) < 4.78 is 16.1. The van der Waals surface area contributed by atoms with E-state index in [9.17, 15) is 4.79 Å². The lowest BCUT2D eigenvalue weighted by Crippen LogP contribution is -2.44. The van der Waals surface area contributed by atoms with Crippen LogP contribution in [0, 0.1) is 0 Å². The van der Waals surface area contributed by atoms with Crippen molar-refractivity contribution in [2.24, 2.45) is 0 Å². The second-order valence-corrected chi connectivity index (χ2v) is 6.50. The number of anilines is 2. The molecule has 1 heterocycles. The van der Waals surface area contributed by atoms with Gasteiger partial charge in [0.2, 0.25) is 11.7 Å². The highest BCUT2D eigenvalue weighted by Gasteiger charge is 2.26. The largest absolute Gasteiger partial charge is 0.493 e. The molecule has 1 amide bonds. The van der Waals surface area contributed by atoms with Crippen molar-refractivity contribution in [1.29, 1.82) is 0 Å². The Bertz CT molecular complexity index is 797. The molecular weight excluding hydrogens is 344 g/mol. The van der Waals surface area contributed by atoms with E-state index in [-0.39, 0.29) is 5.91 Å². The van der Waals surface area contributed by atoms with E-state index in [2.05, 4.69) is 11.4 Å². The van der Waals surface area contributed by atoms with E-state index in [4.69, 9.17) is 14.2 Å². The quantitative estimate of drug-likeness (QED) is 0.843. The summed E-state index contributed by atoms with van der Waals surface area (Å²) >= 11 is 0. The third-order valence-electron chi connectivity index (χ3n) is 4.79. The number of hydrogen-bond acceptors (Lipinski definition) is 5. The fourth-order valence-electron chi connectivity index (χ4n) is 3.47. The SMILES string of the molecule is COc1cc(NC(C)C(=O)N2CCCc3ccccc32)cc(OC)c1OC. The van der Waals surface area contributed by atoms with Crippen LogP contribution in [0.25, 0.3) is 0 Å².